The lowest BCUT2D eigenvalue weighted by molar-refractivity contribution is -0.117. The van der Waals surface area contributed by atoms with Crippen molar-refractivity contribution in [1.82, 2.24) is 24.8 Å². The van der Waals surface area contributed by atoms with Gasteiger partial charge in [0.25, 0.3) is 0 Å². The summed E-state index contributed by atoms with van der Waals surface area (Å²) in [6, 6.07) is 2.34. The molecule has 1 atom stereocenters. The van der Waals surface area contributed by atoms with E-state index in [1.54, 1.807) is 13.1 Å². The van der Waals surface area contributed by atoms with Crippen molar-refractivity contribution in [1.29, 1.82) is 0 Å². The van der Waals surface area contributed by atoms with Crippen molar-refractivity contribution >= 4 is 11.7 Å². The van der Waals surface area contributed by atoms with Crippen molar-refractivity contribution in [3.8, 4) is 0 Å². The van der Waals surface area contributed by atoms with E-state index in [-0.39, 0.29) is 11.9 Å². The molecule has 2 aromatic rings. The highest BCUT2D eigenvalue weighted by atomic mass is 16.5. The molecule has 0 aromatic carbocycles. The predicted octanol–water partition coefficient (Wildman–Crippen LogP) is 2.47. The molecular formula is C17H24N6O2. The molecule has 0 radical (unpaired) electrons. The van der Waals surface area contributed by atoms with E-state index in [1.165, 1.54) is 12.8 Å². The summed E-state index contributed by atoms with van der Waals surface area (Å²) in [6.45, 7) is 2.98. The average molecular weight is 344 g/mol. The van der Waals surface area contributed by atoms with Gasteiger partial charge < -0.3 is 9.84 Å². The largest absolute Gasteiger partial charge is 0.340 e. The van der Waals surface area contributed by atoms with Gasteiger partial charge in [0, 0.05) is 13.0 Å². The molecule has 25 heavy (non-hydrogen) atoms. The quantitative estimate of drug-likeness (QED) is 0.896. The van der Waals surface area contributed by atoms with E-state index >= 15 is 0 Å². The smallest absolute Gasteiger partial charge is 0.239 e. The Labute approximate surface area is 146 Å². The second-order valence-corrected chi connectivity index (χ2v) is 6.95. The van der Waals surface area contributed by atoms with Gasteiger partial charge in [0.2, 0.25) is 11.8 Å². The van der Waals surface area contributed by atoms with Crippen molar-refractivity contribution in [3.63, 3.8) is 0 Å². The first kappa shape index (κ1) is 16.3. The molecule has 1 N–H and O–H groups in total. The topological polar surface area (TPSA) is 89.1 Å². The van der Waals surface area contributed by atoms with Gasteiger partial charge in [-0.1, -0.05) is 18.0 Å². The third-order valence-corrected chi connectivity index (χ3v) is 5.16. The normalized spacial score (nSPS) is 21.9. The Balaban J connectivity index is 1.40. The Hall–Kier alpha value is -2.22. The maximum Gasteiger partial charge on any atom is 0.239 e. The summed E-state index contributed by atoms with van der Waals surface area (Å²) in [4.78, 5) is 19.0. The molecule has 1 aliphatic carbocycles. The third-order valence-electron chi connectivity index (χ3n) is 5.16. The van der Waals surface area contributed by atoms with Gasteiger partial charge >= 0.3 is 0 Å². The van der Waals surface area contributed by atoms with Gasteiger partial charge in [0.05, 0.1) is 24.8 Å². The molecule has 8 heteroatoms. The fourth-order valence-electron chi connectivity index (χ4n) is 3.98. The predicted molar refractivity (Wildman–Crippen MR) is 90.9 cm³/mol. The molecule has 2 aliphatic rings. The lowest BCUT2D eigenvalue weighted by Gasteiger charge is -2.21. The number of carbonyl (C=O) groups excluding carboxylic acids is 1. The standard InChI is InChI=1S/C17H24N6O2/c1-12-19-17(21-25-12)14-7-4-10-22(14)11-16(24)20-15-8-9-18-23(15)13-5-2-3-6-13/h8-9,13-14H,2-7,10-11H2,1H3,(H,20,24)/t14-/m1/s1. The molecule has 0 spiro atoms. The maximum atomic E-state index is 12.6. The number of rotatable bonds is 5. The van der Waals surface area contributed by atoms with E-state index in [4.69, 9.17) is 4.52 Å². The number of anilines is 1. The number of nitrogens with zero attached hydrogens (tertiary/aromatic N) is 5. The van der Waals surface area contributed by atoms with Crippen LogP contribution < -0.4 is 5.32 Å². The maximum absolute atomic E-state index is 12.6. The van der Waals surface area contributed by atoms with Crippen molar-refractivity contribution < 1.29 is 9.32 Å². The molecule has 134 valence electrons. The summed E-state index contributed by atoms with van der Waals surface area (Å²) >= 11 is 0. The van der Waals surface area contributed by atoms with Gasteiger partial charge in [-0.05, 0) is 32.2 Å². The molecular weight excluding hydrogens is 320 g/mol. The highest BCUT2D eigenvalue weighted by Gasteiger charge is 2.31. The zero-order valence-corrected chi connectivity index (χ0v) is 14.5. The fraction of sp³-hybridized carbons (Fsp3) is 0.647. The van der Waals surface area contributed by atoms with Crippen LogP contribution in [0.15, 0.2) is 16.8 Å². The van der Waals surface area contributed by atoms with E-state index < -0.39 is 0 Å². The van der Waals surface area contributed by atoms with Crippen molar-refractivity contribution in [3.05, 3.63) is 24.0 Å². The molecule has 1 aliphatic heterocycles. The Morgan fingerprint density at radius 2 is 2.16 bits per heavy atom. The van der Waals surface area contributed by atoms with Crippen LogP contribution >= 0.6 is 0 Å². The number of aromatic nitrogens is 4. The Kier molecular flexibility index (Phi) is 4.52. The molecule has 1 amide bonds. The summed E-state index contributed by atoms with van der Waals surface area (Å²) in [7, 11) is 0. The lowest BCUT2D eigenvalue weighted by atomic mass is 10.2. The van der Waals surface area contributed by atoms with Crippen molar-refractivity contribution in [2.45, 2.75) is 57.5 Å². The summed E-state index contributed by atoms with van der Waals surface area (Å²) in [5.41, 5.74) is 0. The van der Waals surface area contributed by atoms with Crippen LogP contribution in [0.3, 0.4) is 0 Å². The van der Waals surface area contributed by atoms with E-state index in [1.807, 2.05) is 10.7 Å². The minimum Gasteiger partial charge on any atom is -0.340 e. The van der Waals surface area contributed by atoms with Crippen LogP contribution in [0.5, 0.6) is 0 Å². The van der Waals surface area contributed by atoms with Gasteiger partial charge in [-0.2, -0.15) is 10.1 Å². The van der Waals surface area contributed by atoms with Crippen LogP contribution in [0.25, 0.3) is 0 Å². The van der Waals surface area contributed by atoms with Gasteiger partial charge in [0.1, 0.15) is 5.82 Å². The number of amides is 1. The van der Waals surface area contributed by atoms with Crippen molar-refractivity contribution in [2.24, 2.45) is 0 Å². The van der Waals surface area contributed by atoms with Crippen LogP contribution in [0, 0.1) is 6.92 Å². The monoisotopic (exact) mass is 344 g/mol. The second kappa shape index (κ2) is 6.95. The SMILES string of the molecule is Cc1nc([C@H]2CCCN2CC(=O)Nc2ccnn2C2CCCC2)no1. The van der Waals surface area contributed by atoms with E-state index in [9.17, 15) is 4.79 Å². The first-order valence-corrected chi connectivity index (χ1v) is 9.08. The number of hydrogen-bond donors (Lipinski definition) is 1. The molecule has 2 aromatic heterocycles. The first-order valence-electron chi connectivity index (χ1n) is 9.08. The fourth-order valence-corrected chi connectivity index (χ4v) is 3.98. The minimum atomic E-state index is -0.0214. The van der Waals surface area contributed by atoms with Crippen molar-refractivity contribution in [2.75, 3.05) is 18.4 Å². The van der Waals surface area contributed by atoms with Crippen LogP contribution in [-0.2, 0) is 4.79 Å². The highest BCUT2D eigenvalue weighted by Crippen LogP contribution is 2.32. The Morgan fingerprint density at radius 1 is 1.32 bits per heavy atom. The first-order chi connectivity index (χ1) is 12.2. The van der Waals surface area contributed by atoms with E-state index in [0.717, 1.165) is 38.0 Å². The lowest BCUT2D eigenvalue weighted by Crippen LogP contribution is -2.34. The number of hydrogen-bond acceptors (Lipinski definition) is 6. The summed E-state index contributed by atoms with van der Waals surface area (Å²) in [5.74, 6) is 2.01. The van der Waals surface area contributed by atoms with E-state index in [0.29, 0.717) is 24.3 Å². The van der Waals surface area contributed by atoms with Crippen LogP contribution in [0.4, 0.5) is 5.82 Å². The summed E-state index contributed by atoms with van der Waals surface area (Å²) in [6.07, 6.45) is 8.48. The van der Waals surface area contributed by atoms with Gasteiger partial charge in [-0.25, -0.2) is 4.68 Å². The summed E-state index contributed by atoms with van der Waals surface area (Å²) < 4.78 is 7.06. The van der Waals surface area contributed by atoms with Gasteiger partial charge in [-0.3, -0.25) is 9.69 Å². The molecule has 4 rings (SSSR count). The average Bonchev–Trinajstić information content (AvgIpc) is 3.33. The van der Waals surface area contributed by atoms with Gasteiger partial charge in [0.15, 0.2) is 5.82 Å². The summed E-state index contributed by atoms with van der Waals surface area (Å²) in [5, 5.41) is 11.5. The van der Waals surface area contributed by atoms with Crippen LogP contribution in [-0.4, -0.2) is 43.8 Å². The zero-order chi connectivity index (χ0) is 17.2. The number of nitrogens with one attached hydrogen (secondary N) is 1. The highest BCUT2D eigenvalue weighted by molar-refractivity contribution is 5.91. The number of carbonyl (C=O) groups is 1. The molecule has 8 nitrogen and oxygen atoms in total. The van der Waals surface area contributed by atoms with Gasteiger partial charge in [-0.15, -0.1) is 0 Å². The molecule has 3 heterocycles. The molecule has 2 fully saturated rings. The van der Waals surface area contributed by atoms with Crippen LogP contribution in [0.1, 0.15) is 62.3 Å². The van der Waals surface area contributed by atoms with E-state index in [2.05, 4.69) is 25.5 Å². The molecule has 1 saturated carbocycles. The number of likely N-dealkylation sites (tertiary alicyclic amines) is 1. The Bertz CT molecular complexity index is 733. The molecule has 0 unspecified atom stereocenters. The zero-order valence-electron chi connectivity index (χ0n) is 14.5. The minimum absolute atomic E-state index is 0.0214. The number of aryl methyl sites for hydroxylation is 1. The van der Waals surface area contributed by atoms with Crippen LogP contribution in [0.2, 0.25) is 0 Å². The Morgan fingerprint density at radius 3 is 2.92 bits per heavy atom. The molecule has 0 bridgehead atoms. The molecule has 1 saturated heterocycles. The second-order valence-electron chi connectivity index (χ2n) is 6.95. The third kappa shape index (κ3) is 3.44.